The number of ether oxygens (including phenoxy) is 1. The number of aromatic amines is 1. The number of tetrazole rings is 1. The number of para-hydroxylation sites is 1. The zero-order valence-corrected chi connectivity index (χ0v) is 17.6. The number of nitriles is 1. The lowest BCUT2D eigenvalue weighted by Crippen LogP contribution is -2.44. The van der Waals surface area contributed by atoms with Crippen molar-refractivity contribution in [2.45, 2.75) is 45.3 Å². The summed E-state index contributed by atoms with van der Waals surface area (Å²) in [5, 5.41) is 28.7. The Morgan fingerprint density at radius 1 is 1.39 bits per heavy atom. The molecule has 0 saturated carbocycles. The van der Waals surface area contributed by atoms with Gasteiger partial charge in [-0.3, -0.25) is 0 Å². The SMILES string of the molecule is CC(C)(C)OC(=O)N1CCC(Nc2c(F)cccc2NC=C(C#N)c2nn[nH]n2)CC1. The van der Waals surface area contributed by atoms with Crippen molar-refractivity contribution >= 4 is 23.0 Å². The molecule has 1 aromatic heterocycles. The Morgan fingerprint density at radius 2 is 2.13 bits per heavy atom. The van der Waals surface area contributed by atoms with Crippen LogP contribution in [0.3, 0.4) is 0 Å². The molecule has 1 amide bonds. The number of hydrogen-bond donors (Lipinski definition) is 3. The average Bonchev–Trinajstić information content (AvgIpc) is 3.24. The molecule has 10 nitrogen and oxygen atoms in total. The first-order valence-electron chi connectivity index (χ1n) is 9.90. The van der Waals surface area contributed by atoms with Gasteiger partial charge in [0.05, 0.1) is 11.4 Å². The summed E-state index contributed by atoms with van der Waals surface area (Å²) in [5.74, 6) is -0.290. The number of carbonyl (C=O) groups is 1. The van der Waals surface area contributed by atoms with Crippen LogP contribution >= 0.6 is 0 Å². The Hall–Kier alpha value is -3.68. The van der Waals surface area contributed by atoms with Crippen molar-refractivity contribution in [3.63, 3.8) is 0 Å². The predicted octanol–water partition coefficient (Wildman–Crippen LogP) is 3.13. The Balaban J connectivity index is 1.65. The number of piperidine rings is 1. The van der Waals surface area contributed by atoms with E-state index in [1.165, 1.54) is 12.3 Å². The van der Waals surface area contributed by atoms with Gasteiger partial charge in [-0.15, -0.1) is 10.2 Å². The highest BCUT2D eigenvalue weighted by Crippen LogP contribution is 2.28. The zero-order chi connectivity index (χ0) is 22.4. The molecule has 0 aliphatic carbocycles. The summed E-state index contributed by atoms with van der Waals surface area (Å²) in [6.45, 7) is 6.52. The largest absolute Gasteiger partial charge is 0.444 e. The van der Waals surface area contributed by atoms with Gasteiger partial charge in [0.1, 0.15) is 23.1 Å². The normalized spacial score (nSPS) is 15.3. The molecule has 0 bridgehead atoms. The van der Waals surface area contributed by atoms with Gasteiger partial charge in [-0.2, -0.15) is 10.5 Å². The van der Waals surface area contributed by atoms with Crippen LogP contribution in [-0.2, 0) is 4.74 Å². The molecule has 11 heteroatoms. The fraction of sp³-hybridized carbons (Fsp3) is 0.450. The van der Waals surface area contributed by atoms with Crippen molar-refractivity contribution in [3.05, 3.63) is 36.0 Å². The minimum atomic E-state index is -0.544. The molecule has 3 N–H and O–H groups in total. The monoisotopic (exact) mass is 428 g/mol. The standard InChI is InChI=1S/C20H25FN8O2/c1-20(2,3)31-19(30)29-9-7-14(8-10-29)24-17-15(21)5-4-6-16(17)23-12-13(11-22)18-25-27-28-26-18/h4-6,12,14,23-24H,7-10H2,1-3H3,(H,25,26,27,28). The predicted molar refractivity (Wildman–Crippen MR) is 112 cm³/mol. The third kappa shape index (κ3) is 5.91. The van der Waals surface area contributed by atoms with E-state index in [1.807, 2.05) is 26.8 Å². The number of H-pyrrole nitrogens is 1. The second kappa shape index (κ2) is 9.42. The number of likely N-dealkylation sites (tertiary alicyclic amines) is 1. The van der Waals surface area contributed by atoms with Crippen LogP contribution in [0.4, 0.5) is 20.6 Å². The number of nitrogens with one attached hydrogen (secondary N) is 3. The number of rotatable bonds is 5. The van der Waals surface area contributed by atoms with E-state index in [-0.39, 0.29) is 23.5 Å². The van der Waals surface area contributed by atoms with Crippen molar-refractivity contribution in [3.8, 4) is 6.07 Å². The van der Waals surface area contributed by atoms with Gasteiger partial charge in [0, 0.05) is 25.3 Å². The molecular weight excluding hydrogens is 403 g/mol. The Labute approximate surface area is 179 Å². The maximum Gasteiger partial charge on any atom is 0.410 e. The smallest absolute Gasteiger partial charge is 0.410 e. The maximum atomic E-state index is 14.6. The average molecular weight is 428 g/mol. The summed E-state index contributed by atoms with van der Waals surface area (Å²) < 4.78 is 20.0. The van der Waals surface area contributed by atoms with Crippen LogP contribution in [-0.4, -0.2) is 56.3 Å². The van der Waals surface area contributed by atoms with Gasteiger partial charge in [-0.1, -0.05) is 6.07 Å². The highest BCUT2D eigenvalue weighted by Gasteiger charge is 2.27. The molecule has 1 fully saturated rings. The lowest BCUT2D eigenvalue weighted by atomic mass is 10.0. The van der Waals surface area contributed by atoms with Crippen molar-refractivity contribution in [1.82, 2.24) is 25.5 Å². The maximum absolute atomic E-state index is 14.6. The molecule has 2 aromatic rings. The number of nitrogens with zero attached hydrogens (tertiary/aromatic N) is 5. The summed E-state index contributed by atoms with van der Waals surface area (Å²) in [7, 11) is 0. The Morgan fingerprint density at radius 3 is 2.74 bits per heavy atom. The first kappa shape index (κ1) is 22.0. The van der Waals surface area contributed by atoms with Gasteiger partial charge in [-0.05, 0) is 51.0 Å². The third-order valence-corrected chi connectivity index (χ3v) is 4.59. The number of allylic oxidation sites excluding steroid dienone is 1. The first-order chi connectivity index (χ1) is 14.8. The molecule has 1 saturated heterocycles. The minimum absolute atomic E-state index is 0.0206. The fourth-order valence-corrected chi connectivity index (χ4v) is 3.10. The van der Waals surface area contributed by atoms with Gasteiger partial charge in [0.15, 0.2) is 0 Å². The molecule has 0 atom stereocenters. The molecule has 3 rings (SSSR count). The van der Waals surface area contributed by atoms with E-state index >= 15 is 0 Å². The summed E-state index contributed by atoms with van der Waals surface area (Å²) in [6, 6.07) is 6.58. The van der Waals surface area contributed by atoms with E-state index < -0.39 is 11.4 Å². The fourth-order valence-electron chi connectivity index (χ4n) is 3.10. The van der Waals surface area contributed by atoms with Crippen LogP contribution in [0, 0.1) is 17.1 Å². The summed E-state index contributed by atoms with van der Waals surface area (Å²) in [6.07, 6.45) is 2.36. The van der Waals surface area contributed by atoms with Crippen LogP contribution in [0.25, 0.3) is 5.57 Å². The quantitative estimate of drug-likeness (QED) is 0.619. The van der Waals surface area contributed by atoms with Crippen molar-refractivity contribution in [2.24, 2.45) is 0 Å². The van der Waals surface area contributed by atoms with Crippen LogP contribution in [0.15, 0.2) is 24.4 Å². The summed E-state index contributed by atoms with van der Waals surface area (Å²) in [5.41, 5.74) is 0.359. The van der Waals surface area contributed by atoms with Crippen LogP contribution < -0.4 is 10.6 Å². The van der Waals surface area contributed by atoms with Gasteiger partial charge in [0.2, 0.25) is 5.82 Å². The Bertz CT molecular complexity index is 970. The summed E-state index contributed by atoms with van der Waals surface area (Å²) >= 11 is 0. The van der Waals surface area contributed by atoms with Gasteiger partial charge in [-0.25, -0.2) is 9.18 Å². The van der Waals surface area contributed by atoms with Crippen molar-refractivity contribution < 1.29 is 13.9 Å². The zero-order valence-electron chi connectivity index (χ0n) is 17.6. The lowest BCUT2D eigenvalue weighted by Gasteiger charge is -2.34. The van der Waals surface area contributed by atoms with Crippen LogP contribution in [0.5, 0.6) is 0 Å². The molecule has 0 radical (unpaired) electrons. The number of benzene rings is 1. The molecule has 1 aromatic carbocycles. The van der Waals surface area contributed by atoms with Gasteiger partial charge in [0.25, 0.3) is 0 Å². The second-order valence-electron chi connectivity index (χ2n) is 8.10. The number of amides is 1. The number of halogens is 1. The molecule has 1 aliphatic heterocycles. The topological polar surface area (TPSA) is 132 Å². The number of aromatic nitrogens is 4. The summed E-state index contributed by atoms with van der Waals surface area (Å²) in [4.78, 5) is 13.9. The van der Waals surface area contributed by atoms with E-state index in [0.717, 1.165) is 0 Å². The first-order valence-corrected chi connectivity index (χ1v) is 9.90. The van der Waals surface area contributed by atoms with Crippen molar-refractivity contribution in [2.75, 3.05) is 23.7 Å². The van der Waals surface area contributed by atoms with E-state index in [0.29, 0.717) is 37.3 Å². The molecule has 0 spiro atoms. The molecule has 0 unspecified atom stereocenters. The number of carbonyl (C=O) groups excluding carboxylic acids is 1. The van der Waals surface area contributed by atoms with E-state index in [9.17, 15) is 14.4 Å². The van der Waals surface area contributed by atoms with Gasteiger partial charge < -0.3 is 20.3 Å². The number of anilines is 2. The third-order valence-electron chi connectivity index (χ3n) is 4.59. The molecule has 1 aliphatic rings. The highest BCUT2D eigenvalue weighted by molar-refractivity contribution is 5.77. The van der Waals surface area contributed by atoms with Crippen LogP contribution in [0.1, 0.15) is 39.4 Å². The minimum Gasteiger partial charge on any atom is -0.444 e. The molecular formula is C20H25FN8O2. The Kier molecular flexibility index (Phi) is 6.69. The van der Waals surface area contributed by atoms with E-state index in [4.69, 9.17) is 4.74 Å². The number of hydrogen-bond acceptors (Lipinski definition) is 8. The molecule has 164 valence electrons. The van der Waals surface area contributed by atoms with E-state index in [2.05, 4.69) is 31.3 Å². The lowest BCUT2D eigenvalue weighted by molar-refractivity contribution is 0.0210. The van der Waals surface area contributed by atoms with Crippen molar-refractivity contribution in [1.29, 1.82) is 5.26 Å². The van der Waals surface area contributed by atoms with Crippen LogP contribution in [0.2, 0.25) is 0 Å². The van der Waals surface area contributed by atoms with E-state index in [1.54, 1.807) is 17.0 Å². The highest BCUT2D eigenvalue weighted by atomic mass is 19.1. The molecule has 2 heterocycles. The molecule has 31 heavy (non-hydrogen) atoms. The second-order valence-corrected chi connectivity index (χ2v) is 8.10. The van der Waals surface area contributed by atoms with Gasteiger partial charge >= 0.3 is 6.09 Å².